The van der Waals surface area contributed by atoms with E-state index < -0.39 is 5.97 Å². The second kappa shape index (κ2) is 5.71. The van der Waals surface area contributed by atoms with E-state index in [0.717, 1.165) is 37.0 Å². The molecule has 0 unspecified atom stereocenters. The average molecular weight is 313 g/mol. The maximum atomic E-state index is 11.1. The Hall–Kier alpha value is -1.07. The third-order valence-electron chi connectivity index (χ3n) is 3.34. The van der Waals surface area contributed by atoms with Gasteiger partial charge in [0.05, 0.1) is 0 Å². The van der Waals surface area contributed by atoms with Gasteiger partial charge in [-0.25, -0.2) is 4.79 Å². The zero-order valence-electron chi connectivity index (χ0n) is 10.2. The number of carbonyl (C=O) groups is 1. The van der Waals surface area contributed by atoms with Crippen molar-refractivity contribution < 1.29 is 9.90 Å². The van der Waals surface area contributed by atoms with Gasteiger partial charge in [0.15, 0.2) is 0 Å². The summed E-state index contributed by atoms with van der Waals surface area (Å²) in [6.07, 6.45) is 3.83. The summed E-state index contributed by atoms with van der Waals surface area (Å²) in [5, 5.41) is 9.11. The molecule has 0 saturated carbocycles. The van der Waals surface area contributed by atoms with E-state index in [2.05, 4.69) is 27.4 Å². The summed E-state index contributed by atoms with van der Waals surface area (Å²) >= 11 is 3.38. The van der Waals surface area contributed by atoms with Crippen molar-refractivity contribution >= 4 is 21.9 Å². The zero-order chi connectivity index (χ0) is 13.1. The van der Waals surface area contributed by atoms with Crippen LogP contribution in [-0.4, -0.2) is 40.2 Å². The molecule has 4 nitrogen and oxygen atoms in total. The van der Waals surface area contributed by atoms with Crippen molar-refractivity contribution in [1.29, 1.82) is 0 Å². The van der Waals surface area contributed by atoms with Gasteiger partial charge in [0.1, 0.15) is 5.69 Å². The Morgan fingerprint density at radius 2 is 2.17 bits per heavy atom. The van der Waals surface area contributed by atoms with Gasteiger partial charge in [0.25, 0.3) is 0 Å². The van der Waals surface area contributed by atoms with E-state index in [0.29, 0.717) is 11.7 Å². The molecular formula is C13H17BrN2O2. The van der Waals surface area contributed by atoms with E-state index in [4.69, 9.17) is 5.11 Å². The Morgan fingerprint density at radius 1 is 1.50 bits per heavy atom. The number of likely N-dealkylation sites (tertiary alicyclic amines) is 1. The molecule has 0 radical (unpaired) electrons. The van der Waals surface area contributed by atoms with Crippen molar-refractivity contribution in [3.05, 3.63) is 35.1 Å². The van der Waals surface area contributed by atoms with Gasteiger partial charge < -0.3 is 9.67 Å². The Morgan fingerprint density at radius 3 is 2.72 bits per heavy atom. The Balaban J connectivity index is 1.99. The summed E-state index contributed by atoms with van der Waals surface area (Å²) in [6, 6.07) is 3.76. The van der Waals surface area contributed by atoms with Gasteiger partial charge in [-0.15, -0.1) is 0 Å². The average Bonchev–Trinajstić information content (AvgIpc) is 2.78. The molecule has 1 aromatic heterocycles. The predicted molar refractivity (Wildman–Crippen MR) is 74.2 cm³/mol. The first-order chi connectivity index (χ1) is 8.58. The second-order valence-corrected chi connectivity index (χ2v) is 5.75. The molecule has 1 N–H and O–H groups in total. The van der Waals surface area contributed by atoms with Crippen LogP contribution in [0.3, 0.4) is 0 Å². The topological polar surface area (TPSA) is 45.5 Å². The third-order valence-corrected chi connectivity index (χ3v) is 3.59. The molecular weight excluding hydrogens is 296 g/mol. The van der Waals surface area contributed by atoms with Crippen LogP contribution in [-0.2, 0) is 0 Å². The Labute approximate surface area is 115 Å². The molecule has 1 aromatic rings. The number of carboxylic acids is 1. The highest BCUT2D eigenvalue weighted by atomic mass is 79.9. The van der Waals surface area contributed by atoms with Gasteiger partial charge in [-0.05, 0) is 25.0 Å². The van der Waals surface area contributed by atoms with Gasteiger partial charge >= 0.3 is 5.97 Å². The van der Waals surface area contributed by atoms with Crippen molar-refractivity contribution in [3.8, 4) is 0 Å². The number of carboxylic acid groups (broad SMARTS) is 1. The maximum Gasteiger partial charge on any atom is 0.352 e. The van der Waals surface area contributed by atoms with E-state index in [-0.39, 0.29) is 0 Å². The molecule has 0 aromatic carbocycles. The molecule has 1 aliphatic rings. The summed E-state index contributed by atoms with van der Waals surface area (Å²) in [6.45, 7) is 6.67. The van der Waals surface area contributed by atoms with Crippen LogP contribution in [0, 0.1) is 0 Å². The summed E-state index contributed by atoms with van der Waals surface area (Å²) in [7, 11) is 0. The highest BCUT2D eigenvalue weighted by Crippen LogP contribution is 2.25. The summed E-state index contributed by atoms with van der Waals surface area (Å²) in [4.78, 5) is 13.4. The molecule has 1 saturated heterocycles. The molecule has 0 atom stereocenters. The van der Waals surface area contributed by atoms with Crippen LogP contribution in [0.1, 0.15) is 29.4 Å². The molecule has 0 amide bonds. The van der Waals surface area contributed by atoms with Crippen LogP contribution in [0.25, 0.3) is 0 Å². The third kappa shape index (κ3) is 3.03. The summed E-state index contributed by atoms with van der Waals surface area (Å²) < 4.78 is 2.89. The minimum Gasteiger partial charge on any atom is -0.477 e. The summed E-state index contributed by atoms with van der Waals surface area (Å²) in [5.41, 5.74) is 0.387. The first-order valence-electron chi connectivity index (χ1n) is 6.03. The van der Waals surface area contributed by atoms with Crippen molar-refractivity contribution in [1.82, 2.24) is 9.47 Å². The predicted octanol–water partition coefficient (Wildman–Crippen LogP) is 2.73. The number of nitrogens with zero attached hydrogens (tertiary/aromatic N) is 2. The number of hydrogen-bond donors (Lipinski definition) is 1. The monoisotopic (exact) mass is 312 g/mol. The lowest BCUT2D eigenvalue weighted by Gasteiger charge is -2.33. The highest BCUT2D eigenvalue weighted by Gasteiger charge is 2.23. The fourth-order valence-corrected chi connectivity index (χ4v) is 2.85. The fraction of sp³-hybridized carbons (Fsp3) is 0.462. The van der Waals surface area contributed by atoms with E-state index in [1.54, 1.807) is 12.1 Å². The largest absolute Gasteiger partial charge is 0.477 e. The van der Waals surface area contributed by atoms with Gasteiger partial charge in [0.2, 0.25) is 0 Å². The minimum atomic E-state index is -0.851. The highest BCUT2D eigenvalue weighted by molar-refractivity contribution is 9.11. The lowest BCUT2D eigenvalue weighted by Crippen LogP contribution is -2.35. The molecule has 2 heterocycles. The molecule has 0 spiro atoms. The van der Waals surface area contributed by atoms with Crippen LogP contribution in [0.2, 0.25) is 0 Å². The molecule has 98 valence electrons. The van der Waals surface area contributed by atoms with Crippen molar-refractivity contribution in [3.63, 3.8) is 0 Å². The molecule has 18 heavy (non-hydrogen) atoms. The molecule has 1 aliphatic heterocycles. The van der Waals surface area contributed by atoms with Crippen LogP contribution >= 0.6 is 15.9 Å². The number of hydrogen-bond acceptors (Lipinski definition) is 2. The zero-order valence-corrected chi connectivity index (χ0v) is 11.8. The van der Waals surface area contributed by atoms with E-state index in [9.17, 15) is 4.79 Å². The normalized spacial score (nSPS) is 17.8. The van der Waals surface area contributed by atoms with Gasteiger partial charge in [-0.1, -0.05) is 22.5 Å². The molecule has 1 fully saturated rings. The van der Waals surface area contributed by atoms with E-state index in [1.165, 1.54) is 0 Å². The van der Waals surface area contributed by atoms with Crippen LogP contribution < -0.4 is 0 Å². The fourth-order valence-electron chi connectivity index (χ4n) is 2.49. The lowest BCUT2D eigenvalue weighted by atomic mass is 10.0. The Kier molecular flexibility index (Phi) is 4.24. The van der Waals surface area contributed by atoms with Crippen molar-refractivity contribution in [2.45, 2.75) is 18.9 Å². The molecule has 0 aliphatic carbocycles. The van der Waals surface area contributed by atoms with Gasteiger partial charge in [-0.2, -0.15) is 0 Å². The van der Waals surface area contributed by atoms with Crippen LogP contribution in [0.5, 0.6) is 0 Å². The number of aromatic carboxylic acids is 1. The van der Waals surface area contributed by atoms with E-state index >= 15 is 0 Å². The number of rotatable bonds is 4. The second-order valence-electron chi connectivity index (χ2n) is 4.63. The molecule has 2 rings (SSSR count). The molecule has 0 bridgehead atoms. The standard InChI is InChI=1S/C13H17BrN2O2/c1-10(14)9-15-7-4-11(5-8-15)16-6-2-3-12(16)13(17)18/h2-3,6,11H,1,4-5,7-9H2,(H,17,18). The first-order valence-corrected chi connectivity index (χ1v) is 6.83. The lowest BCUT2D eigenvalue weighted by molar-refractivity contribution is 0.0678. The number of halogens is 1. The maximum absolute atomic E-state index is 11.1. The first kappa shape index (κ1) is 13.4. The van der Waals surface area contributed by atoms with Crippen LogP contribution in [0.4, 0.5) is 0 Å². The number of aromatic nitrogens is 1. The van der Waals surface area contributed by atoms with Crippen LogP contribution in [0.15, 0.2) is 29.4 Å². The molecule has 5 heteroatoms. The smallest absolute Gasteiger partial charge is 0.352 e. The minimum absolute atomic E-state index is 0.297. The van der Waals surface area contributed by atoms with Crippen molar-refractivity contribution in [2.75, 3.05) is 19.6 Å². The van der Waals surface area contributed by atoms with E-state index in [1.807, 2.05) is 10.8 Å². The quantitative estimate of drug-likeness (QED) is 0.930. The summed E-state index contributed by atoms with van der Waals surface area (Å²) in [5.74, 6) is -0.851. The SMILES string of the molecule is C=C(Br)CN1CCC(n2cccc2C(=O)O)CC1. The number of piperidine rings is 1. The van der Waals surface area contributed by atoms with Gasteiger partial charge in [-0.3, -0.25) is 4.90 Å². The Bertz CT molecular complexity index is 448. The van der Waals surface area contributed by atoms with Gasteiger partial charge in [0, 0.05) is 36.4 Å². The van der Waals surface area contributed by atoms with Crippen molar-refractivity contribution in [2.24, 2.45) is 0 Å².